The topological polar surface area (TPSA) is 95.5 Å². The van der Waals surface area contributed by atoms with Crippen molar-refractivity contribution in [3.63, 3.8) is 0 Å². The third kappa shape index (κ3) is 4.01. The fourth-order valence-electron chi connectivity index (χ4n) is 1.76. The average molecular weight is 258 g/mol. The second-order valence-corrected chi connectivity index (χ2v) is 4.37. The Hall–Kier alpha value is -1.59. The molecule has 0 aliphatic rings. The van der Waals surface area contributed by atoms with Crippen molar-refractivity contribution in [1.82, 2.24) is 10.6 Å². The molecular formula is C12H22N2O4. The number of hydrogen-bond donors (Lipinski definition) is 3. The molecule has 0 bridgehead atoms. The molecule has 0 aromatic carbocycles. The first-order valence-corrected chi connectivity index (χ1v) is 6.07. The van der Waals surface area contributed by atoms with Gasteiger partial charge in [-0.05, 0) is 19.8 Å². The zero-order chi connectivity index (χ0) is 14.3. The molecule has 2 amide bonds. The SMILES string of the molecule is CCC(CC)(CC(=O)NC(C)C(=O)NC)C(=O)O. The van der Waals surface area contributed by atoms with Crippen LogP contribution in [0.4, 0.5) is 0 Å². The lowest BCUT2D eigenvalue weighted by Gasteiger charge is -2.26. The standard InChI is InChI=1S/C12H22N2O4/c1-5-12(6-2,11(17)18)7-9(15)14-8(3)10(16)13-4/h8H,5-7H2,1-4H3,(H,13,16)(H,14,15)(H,17,18). The molecule has 0 saturated heterocycles. The zero-order valence-electron chi connectivity index (χ0n) is 11.4. The summed E-state index contributed by atoms with van der Waals surface area (Å²) in [6, 6.07) is -0.664. The van der Waals surface area contributed by atoms with Gasteiger partial charge in [0.2, 0.25) is 11.8 Å². The summed E-state index contributed by atoms with van der Waals surface area (Å²) in [5, 5.41) is 14.1. The largest absolute Gasteiger partial charge is 0.481 e. The molecule has 3 N–H and O–H groups in total. The van der Waals surface area contributed by atoms with E-state index in [4.69, 9.17) is 0 Å². The fraction of sp³-hybridized carbons (Fsp3) is 0.750. The molecule has 6 nitrogen and oxygen atoms in total. The molecule has 0 aromatic heterocycles. The second-order valence-electron chi connectivity index (χ2n) is 4.37. The number of rotatable bonds is 7. The first-order chi connectivity index (χ1) is 8.32. The van der Waals surface area contributed by atoms with Gasteiger partial charge >= 0.3 is 5.97 Å². The highest BCUT2D eigenvalue weighted by atomic mass is 16.4. The minimum Gasteiger partial charge on any atom is -0.481 e. The number of carbonyl (C=O) groups is 3. The summed E-state index contributed by atoms with van der Waals surface area (Å²) in [7, 11) is 1.48. The molecule has 18 heavy (non-hydrogen) atoms. The van der Waals surface area contributed by atoms with E-state index in [1.54, 1.807) is 20.8 Å². The highest BCUT2D eigenvalue weighted by Gasteiger charge is 2.37. The predicted octanol–water partition coefficient (Wildman–Crippen LogP) is 0.518. The molecule has 0 rings (SSSR count). The van der Waals surface area contributed by atoms with Crippen LogP contribution in [0, 0.1) is 5.41 Å². The highest BCUT2D eigenvalue weighted by Crippen LogP contribution is 2.30. The number of likely N-dealkylation sites (N-methyl/N-ethyl adjacent to an activating group) is 1. The van der Waals surface area contributed by atoms with Gasteiger partial charge in [0.05, 0.1) is 5.41 Å². The van der Waals surface area contributed by atoms with Crippen LogP contribution in [0.3, 0.4) is 0 Å². The van der Waals surface area contributed by atoms with Crippen molar-refractivity contribution in [1.29, 1.82) is 0 Å². The first kappa shape index (κ1) is 16.4. The predicted molar refractivity (Wildman–Crippen MR) is 66.9 cm³/mol. The van der Waals surface area contributed by atoms with E-state index in [2.05, 4.69) is 10.6 Å². The molecule has 6 heteroatoms. The number of amides is 2. The fourth-order valence-corrected chi connectivity index (χ4v) is 1.76. The van der Waals surface area contributed by atoms with Gasteiger partial charge in [-0.2, -0.15) is 0 Å². The monoisotopic (exact) mass is 258 g/mol. The summed E-state index contributed by atoms with van der Waals surface area (Å²) >= 11 is 0. The Kier molecular flexibility index (Phi) is 6.36. The third-order valence-corrected chi connectivity index (χ3v) is 3.32. The van der Waals surface area contributed by atoms with E-state index < -0.39 is 23.3 Å². The van der Waals surface area contributed by atoms with Gasteiger partial charge in [0, 0.05) is 13.5 Å². The first-order valence-electron chi connectivity index (χ1n) is 6.07. The van der Waals surface area contributed by atoms with Gasteiger partial charge in [-0.15, -0.1) is 0 Å². The van der Waals surface area contributed by atoms with Crippen molar-refractivity contribution < 1.29 is 19.5 Å². The highest BCUT2D eigenvalue weighted by molar-refractivity contribution is 5.89. The van der Waals surface area contributed by atoms with Gasteiger partial charge < -0.3 is 15.7 Å². The minimum atomic E-state index is -1.05. The number of carboxylic acids is 1. The lowest BCUT2D eigenvalue weighted by molar-refractivity contribution is -0.152. The Balaban J connectivity index is 4.63. The maximum absolute atomic E-state index is 11.8. The van der Waals surface area contributed by atoms with Crippen LogP contribution in [0.1, 0.15) is 40.0 Å². The summed E-state index contributed by atoms with van der Waals surface area (Å²) in [4.78, 5) is 34.2. The maximum atomic E-state index is 11.8. The maximum Gasteiger partial charge on any atom is 0.310 e. The van der Waals surface area contributed by atoms with Crippen LogP contribution in [-0.4, -0.2) is 36.0 Å². The van der Waals surface area contributed by atoms with Crippen molar-refractivity contribution in [2.75, 3.05) is 7.05 Å². The summed E-state index contributed by atoms with van der Waals surface area (Å²) in [5.41, 5.74) is -1.05. The van der Waals surface area contributed by atoms with E-state index in [0.29, 0.717) is 12.8 Å². The van der Waals surface area contributed by atoms with Crippen molar-refractivity contribution in [2.45, 2.75) is 46.1 Å². The Morgan fingerprint density at radius 3 is 2.06 bits per heavy atom. The average Bonchev–Trinajstić information content (AvgIpc) is 2.34. The van der Waals surface area contributed by atoms with Crippen molar-refractivity contribution in [3.8, 4) is 0 Å². The van der Waals surface area contributed by atoms with Crippen LogP contribution in [-0.2, 0) is 14.4 Å². The molecule has 0 aliphatic carbocycles. The molecule has 0 radical (unpaired) electrons. The zero-order valence-corrected chi connectivity index (χ0v) is 11.4. The normalized spacial score (nSPS) is 12.7. The van der Waals surface area contributed by atoms with E-state index >= 15 is 0 Å². The molecule has 1 unspecified atom stereocenters. The Bertz CT molecular complexity index is 324. The summed E-state index contributed by atoms with van der Waals surface area (Å²) in [6.07, 6.45) is 0.637. The van der Waals surface area contributed by atoms with Crippen LogP contribution in [0.5, 0.6) is 0 Å². The Labute approximate surface area is 107 Å². The third-order valence-electron chi connectivity index (χ3n) is 3.32. The smallest absolute Gasteiger partial charge is 0.310 e. The van der Waals surface area contributed by atoms with Crippen LogP contribution in [0.2, 0.25) is 0 Å². The lowest BCUT2D eigenvalue weighted by atomic mass is 9.79. The number of nitrogens with one attached hydrogen (secondary N) is 2. The van der Waals surface area contributed by atoms with Crippen molar-refractivity contribution in [2.24, 2.45) is 5.41 Å². The molecule has 0 aromatic rings. The molecule has 1 atom stereocenters. The lowest BCUT2D eigenvalue weighted by Crippen LogP contribution is -2.46. The molecule has 0 spiro atoms. The summed E-state index contributed by atoms with van der Waals surface area (Å²) in [6.45, 7) is 5.04. The number of aliphatic carboxylic acids is 1. The number of carboxylic acid groups (broad SMARTS) is 1. The Morgan fingerprint density at radius 1 is 1.22 bits per heavy atom. The van der Waals surface area contributed by atoms with Gasteiger partial charge in [-0.25, -0.2) is 0 Å². The van der Waals surface area contributed by atoms with Crippen LogP contribution < -0.4 is 10.6 Å². The van der Waals surface area contributed by atoms with E-state index in [-0.39, 0.29) is 12.3 Å². The van der Waals surface area contributed by atoms with Crippen molar-refractivity contribution in [3.05, 3.63) is 0 Å². The number of hydrogen-bond acceptors (Lipinski definition) is 3. The summed E-state index contributed by atoms with van der Waals surface area (Å²) in [5.74, 6) is -1.70. The van der Waals surface area contributed by atoms with E-state index in [0.717, 1.165) is 0 Å². The van der Waals surface area contributed by atoms with Gasteiger partial charge in [0.15, 0.2) is 0 Å². The van der Waals surface area contributed by atoms with Crippen LogP contribution in [0.25, 0.3) is 0 Å². The van der Waals surface area contributed by atoms with Crippen LogP contribution >= 0.6 is 0 Å². The van der Waals surface area contributed by atoms with Gasteiger partial charge in [0.1, 0.15) is 6.04 Å². The van der Waals surface area contributed by atoms with E-state index in [9.17, 15) is 19.5 Å². The Morgan fingerprint density at radius 2 is 1.72 bits per heavy atom. The van der Waals surface area contributed by atoms with Crippen molar-refractivity contribution >= 4 is 17.8 Å². The molecule has 104 valence electrons. The summed E-state index contributed by atoms with van der Waals surface area (Å²) < 4.78 is 0. The second kappa shape index (κ2) is 6.98. The molecule has 0 fully saturated rings. The minimum absolute atomic E-state index is 0.114. The molecule has 0 aliphatic heterocycles. The van der Waals surface area contributed by atoms with Gasteiger partial charge in [-0.3, -0.25) is 14.4 Å². The van der Waals surface area contributed by atoms with E-state index in [1.165, 1.54) is 7.05 Å². The number of carbonyl (C=O) groups excluding carboxylic acids is 2. The molecule has 0 saturated carbocycles. The van der Waals surface area contributed by atoms with Gasteiger partial charge in [0.25, 0.3) is 0 Å². The quantitative estimate of drug-likeness (QED) is 0.620. The van der Waals surface area contributed by atoms with E-state index in [1.807, 2.05) is 0 Å². The van der Waals surface area contributed by atoms with Crippen LogP contribution in [0.15, 0.2) is 0 Å². The van der Waals surface area contributed by atoms with Gasteiger partial charge in [-0.1, -0.05) is 13.8 Å². The molecular weight excluding hydrogens is 236 g/mol. The molecule has 0 heterocycles.